The molecule has 0 aliphatic heterocycles. The third kappa shape index (κ3) is 3.70. The fraction of sp³-hybridized carbons (Fsp3) is 0.222. The number of halogens is 1. The molecule has 2 heterocycles. The first-order chi connectivity index (χ1) is 13.4. The number of anilines is 1. The Balaban J connectivity index is 1.91. The van der Waals surface area contributed by atoms with Gasteiger partial charge in [-0.25, -0.2) is 9.48 Å². The molecule has 0 saturated heterocycles. The van der Waals surface area contributed by atoms with Crippen LogP contribution < -0.4 is 11.0 Å². The number of nitrogens with one attached hydrogen (secondary N) is 2. The summed E-state index contributed by atoms with van der Waals surface area (Å²) in [6, 6.07) is 11.0. The highest BCUT2D eigenvalue weighted by Crippen LogP contribution is 2.22. The zero-order valence-corrected chi connectivity index (χ0v) is 16.3. The van der Waals surface area contributed by atoms with Gasteiger partial charge in [0.2, 0.25) is 5.17 Å². The van der Waals surface area contributed by atoms with Crippen LogP contribution in [0.15, 0.2) is 46.3 Å². The van der Waals surface area contributed by atoms with Crippen LogP contribution in [0.2, 0.25) is 0 Å². The van der Waals surface area contributed by atoms with Crippen molar-refractivity contribution in [1.82, 2.24) is 19.6 Å². The van der Waals surface area contributed by atoms with E-state index < -0.39 is 5.97 Å². The molecule has 3 aromatic rings. The second-order valence-corrected chi connectivity index (χ2v) is 6.20. The van der Waals surface area contributed by atoms with Gasteiger partial charge in [0, 0.05) is 18.8 Å². The lowest BCUT2D eigenvalue weighted by Crippen LogP contribution is -2.20. The summed E-state index contributed by atoms with van der Waals surface area (Å²) in [5.41, 5.74) is 4.89. The van der Waals surface area contributed by atoms with Crippen LogP contribution in [0, 0.1) is 6.92 Å². The van der Waals surface area contributed by atoms with Crippen molar-refractivity contribution in [3.05, 3.63) is 52.4 Å². The van der Waals surface area contributed by atoms with Gasteiger partial charge < -0.3 is 4.74 Å². The molecule has 0 aliphatic rings. The number of hydrogen-bond acceptors (Lipinski definition) is 6. The van der Waals surface area contributed by atoms with Gasteiger partial charge in [-0.05, 0) is 26.0 Å². The van der Waals surface area contributed by atoms with Crippen LogP contribution in [0.1, 0.15) is 12.6 Å². The molecule has 0 aliphatic carbocycles. The number of carbonyl (C=O) groups excluding carboxylic acids is 1. The third-order valence-corrected chi connectivity index (χ3v) is 4.35. The van der Waals surface area contributed by atoms with E-state index in [4.69, 9.17) is 16.3 Å². The van der Waals surface area contributed by atoms with E-state index in [1.165, 1.54) is 0 Å². The molecule has 0 unspecified atom stereocenters. The second-order valence-electron chi connectivity index (χ2n) is 5.84. The van der Waals surface area contributed by atoms with E-state index in [2.05, 4.69) is 20.7 Å². The number of hydrogen-bond donors (Lipinski definition) is 2. The van der Waals surface area contributed by atoms with E-state index in [-0.39, 0.29) is 17.3 Å². The minimum Gasteiger partial charge on any atom is -0.461 e. The normalized spacial score (nSPS) is 11.5. The first-order valence-corrected chi connectivity index (χ1v) is 8.88. The standard InChI is InChI=1S/C18H19ClN6O3/c1-4-28-18(27)16(19)23-22-14-10-13(20-21-14)15-11(2)24(3)25(17(15)26)12-8-6-5-7-9-12/h5-10H,4H2,1-3H3,(H2,20,21,22)/b23-16+. The molecule has 0 bridgehead atoms. The van der Waals surface area contributed by atoms with Gasteiger partial charge in [0.15, 0.2) is 5.82 Å². The summed E-state index contributed by atoms with van der Waals surface area (Å²) in [6.45, 7) is 3.71. The molecule has 3 rings (SSSR count). The minimum atomic E-state index is -0.739. The summed E-state index contributed by atoms with van der Waals surface area (Å²) in [6.07, 6.45) is 0. The van der Waals surface area contributed by atoms with Crippen molar-refractivity contribution >= 4 is 28.6 Å². The van der Waals surface area contributed by atoms with E-state index in [9.17, 15) is 9.59 Å². The number of benzene rings is 1. The monoisotopic (exact) mass is 402 g/mol. The van der Waals surface area contributed by atoms with Crippen LogP contribution in [0.25, 0.3) is 16.9 Å². The molecule has 28 heavy (non-hydrogen) atoms. The number of para-hydroxylation sites is 1. The van der Waals surface area contributed by atoms with E-state index in [1.807, 2.05) is 44.3 Å². The number of aromatic amines is 1. The van der Waals surface area contributed by atoms with Crippen molar-refractivity contribution in [3.63, 3.8) is 0 Å². The second kappa shape index (κ2) is 8.13. The molecule has 10 heteroatoms. The Bertz CT molecular complexity index is 1080. The highest BCUT2D eigenvalue weighted by Gasteiger charge is 2.19. The molecule has 0 saturated carbocycles. The van der Waals surface area contributed by atoms with Crippen LogP contribution in [-0.2, 0) is 16.6 Å². The van der Waals surface area contributed by atoms with Gasteiger partial charge in [-0.3, -0.25) is 20.0 Å². The summed E-state index contributed by atoms with van der Waals surface area (Å²) in [7, 11) is 1.81. The topological polar surface area (TPSA) is 106 Å². The number of hydrazone groups is 1. The lowest BCUT2D eigenvalue weighted by molar-refractivity contribution is -0.134. The van der Waals surface area contributed by atoms with Gasteiger partial charge >= 0.3 is 5.97 Å². The van der Waals surface area contributed by atoms with Gasteiger partial charge in [-0.15, -0.1) is 0 Å². The van der Waals surface area contributed by atoms with Crippen molar-refractivity contribution < 1.29 is 9.53 Å². The molecule has 9 nitrogen and oxygen atoms in total. The van der Waals surface area contributed by atoms with Gasteiger partial charge in [-0.2, -0.15) is 10.2 Å². The predicted molar refractivity (Wildman–Crippen MR) is 107 cm³/mol. The number of rotatable bonds is 6. The third-order valence-electron chi connectivity index (χ3n) is 4.11. The van der Waals surface area contributed by atoms with Gasteiger partial charge in [-0.1, -0.05) is 29.8 Å². The average molecular weight is 403 g/mol. The highest BCUT2D eigenvalue weighted by atomic mass is 35.5. The van der Waals surface area contributed by atoms with E-state index >= 15 is 0 Å². The molecular formula is C18H19ClN6O3. The summed E-state index contributed by atoms with van der Waals surface area (Å²) in [4.78, 5) is 24.5. The quantitative estimate of drug-likeness (QED) is 0.374. The molecule has 2 N–H and O–H groups in total. The number of H-pyrrole nitrogens is 1. The maximum Gasteiger partial charge on any atom is 0.370 e. The fourth-order valence-electron chi connectivity index (χ4n) is 2.73. The predicted octanol–water partition coefficient (Wildman–Crippen LogP) is 2.40. The molecule has 0 fully saturated rings. The molecule has 146 valence electrons. The SMILES string of the molecule is CCOC(=O)/C(Cl)=N\Nc1cc(-c2c(C)n(C)n(-c3ccccc3)c2=O)[nH]n1. The minimum absolute atomic E-state index is 0.186. The Morgan fingerprint density at radius 2 is 2.07 bits per heavy atom. The molecule has 0 spiro atoms. The van der Waals surface area contributed by atoms with Crippen LogP contribution in [0.3, 0.4) is 0 Å². The van der Waals surface area contributed by atoms with Crippen LogP contribution >= 0.6 is 11.6 Å². The lowest BCUT2D eigenvalue weighted by atomic mass is 10.2. The molecule has 1 aromatic carbocycles. The Morgan fingerprint density at radius 3 is 2.75 bits per heavy atom. The zero-order chi connectivity index (χ0) is 20.3. The van der Waals surface area contributed by atoms with E-state index in [0.717, 1.165) is 11.4 Å². The van der Waals surface area contributed by atoms with E-state index in [0.29, 0.717) is 17.1 Å². The van der Waals surface area contributed by atoms with Crippen LogP contribution in [0.5, 0.6) is 0 Å². The van der Waals surface area contributed by atoms with Crippen molar-refractivity contribution in [3.8, 4) is 16.9 Å². The Kier molecular flexibility index (Phi) is 5.65. The van der Waals surface area contributed by atoms with Crippen molar-refractivity contribution in [1.29, 1.82) is 0 Å². The zero-order valence-electron chi connectivity index (χ0n) is 15.6. The summed E-state index contributed by atoms with van der Waals surface area (Å²) in [5.74, 6) is -0.441. The Morgan fingerprint density at radius 1 is 1.36 bits per heavy atom. The maximum absolute atomic E-state index is 13.0. The van der Waals surface area contributed by atoms with Gasteiger partial charge in [0.1, 0.15) is 0 Å². The Hall–Kier alpha value is -3.33. The molecule has 0 radical (unpaired) electrons. The summed E-state index contributed by atoms with van der Waals surface area (Å²) >= 11 is 5.74. The first-order valence-electron chi connectivity index (χ1n) is 8.50. The number of nitrogens with zero attached hydrogens (tertiary/aromatic N) is 4. The number of esters is 1. The summed E-state index contributed by atoms with van der Waals surface area (Å²) < 4.78 is 8.09. The van der Waals surface area contributed by atoms with Crippen molar-refractivity contribution in [2.75, 3.05) is 12.0 Å². The number of ether oxygens (including phenoxy) is 1. The van der Waals surface area contributed by atoms with E-state index in [1.54, 1.807) is 22.4 Å². The fourth-order valence-corrected chi connectivity index (χ4v) is 2.82. The lowest BCUT2D eigenvalue weighted by Gasteiger charge is -2.07. The smallest absolute Gasteiger partial charge is 0.370 e. The number of aromatic nitrogens is 4. The number of carbonyl (C=O) groups is 1. The van der Waals surface area contributed by atoms with Gasteiger partial charge in [0.05, 0.1) is 23.6 Å². The maximum atomic E-state index is 13.0. The largest absolute Gasteiger partial charge is 0.461 e. The highest BCUT2D eigenvalue weighted by molar-refractivity contribution is 6.82. The van der Waals surface area contributed by atoms with Crippen LogP contribution in [0.4, 0.5) is 5.82 Å². The average Bonchev–Trinajstić information content (AvgIpc) is 3.23. The van der Waals surface area contributed by atoms with Crippen LogP contribution in [-0.4, -0.2) is 37.3 Å². The molecule has 2 aromatic heterocycles. The molecule has 0 amide bonds. The molecule has 0 atom stereocenters. The van der Waals surface area contributed by atoms with Crippen molar-refractivity contribution in [2.45, 2.75) is 13.8 Å². The Labute approximate surface area is 165 Å². The van der Waals surface area contributed by atoms with Gasteiger partial charge in [0.25, 0.3) is 5.56 Å². The van der Waals surface area contributed by atoms with Crippen molar-refractivity contribution in [2.24, 2.45) is 12.1 Å². The molecular weight excluding hydrogens is 384 g/mol. The first kappa shape index (κ1) is 19.4. The summed E-state index contributed by atoms with van der Waals surface area (Å²) in [5, 5.41) is 10.2.